The van der Waals surface area contributed by atoms with Crippen LogP contribution in [0.15, 0.2) is 79.1 Å². The first-order valence-corrected chi connectivity index (χ1v) is 9.05. The predicted molar refractivity (Wildman–Crippen MR) is 112 cm³/mol. The summed E-state index contributed by atoms with van der Waals surface area (Å²) in [5.74, 6) is 0.853. The van der Waals surface area contributed by atoms with Gasteiger partial charge in [0.15, 0.2) is 5.82 Å². The van der Waals surface area contributed by atoms with Gasteiger partial charge in [-0.2, -0.15) is 4.98 Å². The van der Waals surface area contributed by atoms with Gasteiger partial charge in [0.05, 0.1) is 6.42 Å². The number of nitrogens with two attached hydrogens (primary N) is 1. The third-order valence-corrected chi connectivity index (χ3v) is 4.31. The van der Waals surface area contributed by atoms with Gasteiger partial charge in [-0.05, 0) is 28.5 Å². The van der Waals surface area contributed by atoms with E-state index in [-0.39, 0.29) is 29.7 Å². The second kappa shape index (κ2) is 8.26. The van der Waals surface area contributed by atoms with Gasteiger partial charge >= 0.3 is 0 Å². The van der Waals surface area contributed by atoms with Crippen molar-refractivity contribution in [3.05, 3.63) is 84.7 Å². The lowest BCUT2D eigenvalue weighted by Crippen LogP contribution is -2.31. The molecule has 4 aromatic rings. The quantitative estimate of drug-likeness (QED) is 0.438. The number of hydrogen-bond acceptors (Lipinski definition) is 6. The number of nitrogens with zero attached hydrogens (tertiary/aromatic N) is 2. The molecule has 0 aliphatic carbocycles. The van der Waals surface area contributed by atoms with E-state index in [9.17, 15) is 4.79 Å². The number of rotatable bonds is 6. The Morgan fingerprint density at radius 2 is 1.69 bits per heavy atom. The molecule has 0 atom stereocenters. The van der Waals surface area contributed by atoms with Crippen molar-refractivity contribution in [3.8, 4) is 11.6 Å². The summed E-state index contributed by atoms with van der Waals surface area (Å²) in [6, 6.07) is 23.1. The molecule has 0 unspecified atom stereocenters. The summed E-state index contributed by atoms with van der Waals surface area (Å²) in [5.41, 5.74) is 12.5. The number of hydrogen-bond donors (Lipinski definition) is 3. The number of anilines is 2. The molecule has 0 fully saturated rings. The van der Waals surface area contributed by atoms with Crippen molar-refractivity contribution < 1.29 is 9.53 Å². The number of carbonyl (C=O) groups excluding carboxylic acids is 1. The highest BCUT2D eigenvalue weighted by molar-refractivity contribution is 5.84. The number of fused-ring (bicyclic) bond motifs is 1. The van der Waals surface area contributed by atoms with Gasteiger partial charge in [-0.1, -0.05) is 60.7 Å². The highest BCUT2D eigenvalue weighted by Crippen LogP contribution is 2.30. The van der Waals surface area contributed by atoms with E-state index in [1.54, 1.807) is 0 Å². The van der Waals surface area contributed by atoms with Crippen LogP contribution >= 0.6 is 0 Å². The number of aromatic nitrogens is 2. The summed E-state index contributed by atoms with van der Waals surface area (Å²) in [6.07, 6.45) is 1.55. The molecular weight excluding hydrogens is 366 g/mol. The zero-order valence-corrected chi connectivity index (χ0v) is 15.5. The van der Waals surface area contributed by atoms with E-state index in [1.807, 2.05) is 72.8 Å². The van der Waals surface area contributed by atoms with E-state index >= 15 is 0 Å². The Labute approximate surface area is 167 Å². The van der Waals surface area contributed by atoms with Crippen molar-refractivity contribution in [3.63, 3.8) is 0 Å². The number of hydrazine groups is 1. The monoisotopic (exact) mass is 385 g/mol. The van der Waals surface area contributed by atoms with Crippen LogP contribution in [0.5, 0.6) is 11.6 Å². The van der Waals surface area contributed by atoms with Gasteiger partial charge < -0.3 is 10.5 Å². The van der Waals surface area contributed by atoms with Crippen LogP contribution in [0.2, 0.25) is 0 Å². The largest absolute Gasteiger partial charge is 0.437 e. The summed E-state index contributed by atoms with van der Waals surface area (Å²) >= 11 is 0. The minimum absolute atomic E-state index is 0.195. The Balaban J connectivity index is 1.44. The van der Waals surface area contributed by atoms with Gasteiger partial charge in [-0.25, -0.2) is 4.98 Å². The highest BCUT2D eigenvalue weighted by Gasteiger charge is 2.12. The van der Waals surface area contributed by atoms with Crippen LogP contribution < -0.4 is 21.3 Å². The van der Waals surface area contributed by atoms with Crippen molar-refractivity contribution in [1.82, 2.24) is 15.4 Å². The molecule has 1 aromatic heterocycles. The molecule has 1 amide bonds. The van der Waals surface area contributed by atoms with E-state index in [0.29, 0.717) is 5.75 Å². The van der Waals surface area contributed by atoms with Crippen LogP contribution in [0.1, 0.15) is 5.56 Å². The molecule has 0 radical (unpaired) electrons. The van der Waals surface area contributed by atoms with Crippen molar-refractivity contribution >= 4 is 28.2 Å². The van der Waals surface area contributed by atoms with Crippen molar-refractivity contribution in [1.29, 1.82) is 0 Å². The molecule has 29 heavy (non-hydrogen) atoms. The fourth-order valence-corrected chi connectivity index (χ4v) is 2.86. The lowest BCUT2D eigenvalue weighted by molar-refractivity contribution is -0.119. The zero-order valence-electron chi connectivity index (χ0n) is 15.5. The lowest BCUT2D eigenvalue weighted by Gasteiger charge is -2.13. The van der Waals surface area contributed by atoms with E-state index in [2.05, 4.69) is 20.8 Å². The Hall–Kier alpha value is -4.13. The maximum atomic E-state index is 12.1. The lowest BCUT2D eigenvalue weighted by atomic mass is 10.1. The Kier molecular flexibility index (Phi) is 5.20. The van der Waals surface area contributed by atoms with Crippen molar-refractivity contribution in [2.24, 2.45) is 0 Å². The molecule has 144 valence electrons. The van der Waals surface area contributed by atoms with Gasteiger partial charge in [-0.15, -0.1) is 0 Å². The molecule has 0 bridgehead atoms. The SMILES string of the molecule is Nc1c(NNC(=O)Cc2ccccc2)ncnc1Oc1ccc2ccccc2c1. The zero-order chi connectivity index (χ0) is 20.1. The number of amides is 1. The summed E-state index contributed by atoms with van der Waals surface area (Å²) in [7, 11) is 0. The van der Waals surface area contributed by atoms with Crippen LogP contribution in [-0.2, 0) is 11.2 Å². The standard InChI is InChI=1S/C22H19N5O2/c23-20-21(27-26-19(28)12-15-6-2-1-3-7-15)24-14-25-22(20)29-18-11-10-16-8-4-5-9-17(16)13-18/h1-11,13-14H,12,23H2,(H,26,28)(H,24,25,27). The second-order valence-electron chi connectivity index (χ2n) is 6.39. The van der Waals surface area contributed by atoms with Gasteiger partial charge in [0.2, 0.25) is 11.8 Å². The Morgan fingerprint density at radius 1 is 0.931 bits per heavy atom. The van der Waals surface area contributed by atoms with Crippen molar-refractivity contribution in [2.45, 2.75) is 6.42 Å². The number of nitrogen functional groups attached to an aromatic ring is 1. The van der Waals surface area contributed by atoms with E-state index in [4.69, 9.17) is 10.5 Å². The van der Waals surface area contributed by atoms with Gasteiger partial charge in [-0.3, -0.25) is 15.6 Å². The average molecular weight is 385 g/mol. The fraction of sp³-hybridized carbons (Fsp3) is 0.0455. The molecule has 7 nitrogen and oxygen atoms in total. The molecule has 0 saturated heterocycles. The summed E-state index contributed by atoms with van der Waals surface area (Å²) in [6.45, 7) is 0. The van der Waals surface area contributed by atoms with Gasteiger partial charge in [0.25, 0.3) is 0 Å². The number of nitrogens with one attached hydrogen (secondary N) is 2. The van der Waals surface area contributed by atoms with E-state index < -0.39 is 0 Å². The third-order valence-electron chi connectivity index (χ3n) is 4.31. The first-order chi connectivity index (χ1) is 14.2. The normalized spacial score (nSPS) is 10.5. The Bertz CT molecular complexity index is 1150. The average Bonchev–Trinajstić information content (AvgIpc) is 2.75. The minimum atomic E-state index is -0.216. The smallest absolute Gasteiger partial charge is 0.248 e. The molecule has 0 aliphatic heterocycles. The number of ether oxygens (including phenoxy) is 1. The van der Waals surface area contributed by atoms with Crippen molar-refractivity contribution in [2.75, 3.05) is 11.2 Å². The highest BCUT2D eigenvalue weighted by atomic mass is 16.5. The summed E-state index contributed by atoms with van der Waals surface area (Å²) < 4.78 is 5.83. The van der Waals surface area contributed by atoms with E-state index in [1.165, 1.54) is 6.33 Å². The topological polar surface area (TPSA) is 102 Å². The maximum Gasteiger partial charge on any atom is 0.248 e. The second-order valence-corrected chi connectivity index (χ2v) is 6.39. The molecule has 7 heteroatoms. The molecule has 0 spiro atoms. The molecular formula is C22H19N5O2. The van der Waals surface area contributed by atoms with Gasteiger partial charge in [0, 0.05) is 0 Å². The van der Waals surface area contributed by atoms with Gasteiger partial charge in [0.1, 0.15) is 17.8 Å². The van der Waals surface area contributed by atoms with Crippen LogP contribution in [-0.4, -0.2) is 15.9 Å². The molecule has 4 rings (SSSR count). The molecule has 0 aliphatic rings. The third kappa shape index (κ3) is 4.41. The summed E-state index contributed by atoms with van der Waals surface area (Å²) in [5, 5.41) is 2.16. The summed E-state index contributed by atoms with van der Waals surface area (Å²) in [4.78, 5) is 20.3. The predicted octanol–water partition coefficient (Wildman–Crippen LogP) is 3.69. The minimum Gasteiger partial charge on any atom is -0.437 e. The van der Waals surface area contributed by atoms with Crippen LogP contribution in [0, 0.1) is 0 Å². The Morgan fingerprint density at radius 3 is 2.52 bits per heavy atom. The number of benzene rings is 3. The van der Waals surface area contributed by atoms with Crippen LogP contribution in [0.3, 0.4) is 0 Å². The first-order valence-electron chi connectivity index (χ1n) is 9.05. The fourth-order valence-electron chi connectivity index (χ4n) is 2.86. The van der Waals surface area contributed by atoms with E-state index in [0.717, 1.165) is 16.3 Å². The van der Waals surface area contributed by atoms with Crippen LogP contribution in [0.25, 0.3) is 10.8 Å². The maximum absolute atomic E-state index is 12.1. The van der Waals surface area contributed by atoms with Crippen LogP contribution in [0.4, 0.5) is 11.5 Å². The molecule has 1 heterocycles. The molecule has 0 saturated carbocycles. The number of carbonyl (C=O) groups is 1. The first kappa shape index (κ1) is 18.2. The molecule has 4 N–H and O–H groups in total. The molecule has 3 aromatic carbocycles.